The lowest BCUT2D eigenvalue weighted by atomic mass is 9.98. The molecule has 0 atom stereocenters. The minimum absolute atomic E-state index is 0.0132. The molecule has 16 heavy (non-hydrogen) atoms. The van der Waals surface area contributed by atoms with E-state index in [0.29, 0.717) is 11.6 Å². The van der Waals surface area contributed by atoms with Gasteiger partial charge in [0.1, 0.15) is 5.69 Å². The number of rotatable bonds is 2. The fourth-order valence-corrected chi connectivity index (χ4v) is 2.01. The standard InChI is InChI=1S/C11H17N3O2/c1-8-6-10(13-12-8)11(16)14-4-2-9(7-15)3-5-14/h6,9,15H,2-5,7H2,1H3,(H,12,13). The van der Waals surface area contributed by atoms with E-state index in [1.807, 2.05) is 11.8 Å². The molecule has 1 aliphatic rings. The molecule has 1 saturated heterocycles. The Hall–Kier alpha value is -1.36. The molecule has 1 aliphatic heterocycles. The molecule has 1 aromatic heterocycles. The Balaban J connectivity index is 1.96. The molecule has 1 amide bonds. The molecule has 2 N–H and O–H groups in total. The van der Waals surface area contributed by atoms with Gasteiger partial charge in [-0.25, -0.2) is 0 Å². The fraction of sp³-hybridized carbons (Fsp3) is 0.636. The van der Waals surface area contributed by atoms with Crippen molar-refractivity contribution >= 4 is 5.91 Å². The Morgan fingerprint density at radius 1 is 1.62 bits per heavy atom. The lowest BCUT2D eigenvalue weighted by molar-refractivity contribution is 0.0645. The molecule has 1 aromatic rings. The molecule has 1 fully saturated rings. The van der Waals surface area contributed by atoms with Crippen LogP contribution in [0.5, 0.6) is 0 Å². The number of aliphatic hydroxyl groups is 1. The first kappa shape index (κ1) is 11.1. The Kier molecular flexibility index (Phi) is 3.24. The lowest BCUT2D eigenvalue weighted by Gasteiger charge is -2.30. The molecule has 0 bridgehead atoms. The summed E-state index contributed by atoms with van der Waals surface area (Å²) in [6.07, 6.45) is 1.76. The van der Waals surface area contributed by atoms with Gasteiger partial charge in [0.2, 0.25) is 0 Å². The number of amides is 1. The van der Waals surface area contributed by atoms with Gasteiger partial charge in [-0.05, 0) is 31.7 Å². The molecule has 0 aromatic carbocycles. The monoisotopic (exact) mass is 223 g/mol. The van der Waals surface area contributed by atoms with E-state index in [1.54, 1.807) is 6.07 Å². The highest BCUT2D eigenvalue weighted by Crippen LogP contribution is 2.17. The zero-order valence-corrected chi connectivity index (χ0v) is 9.44. The topological polar surface area (TPSA) is 69.2 Å². The van der Waals surface area contributed by atoms with Crippen LogP contribution in [0, 0.1) is 12.8 Å². The second-order valence-corrected chi connectivity index (χ2v) is 4.35. The summed E-state index contributed by atoms with van der Waals surface area (Å²) in [5.74, 6) is 0.339. The second kappa shape index (κ2) is 4.65. The molecule has 5 nitrogen and oxygen atoms in total. The van der Waals surface area contributed by atoms with Crippen LogP contribution in [0.25, 0.3) is 0 Å². The molecule has 0 radical (unpaired) electrons. The molecule has 5 heteroatoms. The number of aliphatic hydroxyl groups excluding tert-OH is 1. The summed E-state index contributed by atoms with van der Waals surface area (Å²) >= 11 is 0. The van der Waals surface area contributed by atoms with Crippen LogP contribution < -0.4 is 0 Å². The minimum Gasteiger partial charge on any atom is -0.396 e. The normalized spacial score (nSPS) is 17.8. The number of hydrogen-bond donors (Lipinski definition) is 2. The van der Waals surface area contributed by atoms with Crippen molar-refractivity contribution < 1.29 is 9.90 Å². The van der Waals surface area contributed by atoms with Crippen LogP contribution in [-0.4, -0.2) is 45.8 Å². The summed E-state index contributed by atoms with van der Waals surface area (Å²) in [6.45, 7) is 3.54. The van der Waals surface area contributed by atoms with Crippen LogP contribution in [0.3, 0.4) is 0 Å². The van der Waals surface area contributed by atoms with Crippen LogP contribution in [0.15, 0.2) is 6.07 Å². The molecule has 0 aliphatic carbocycles. The summed E-state index contributed by atoms with van der Waals surface area (Å²) < 4.78 is 0. The lowest BCUT2D eigenvalue weighted by Crippen LogP contribution is -2.39. The highest BCUT2D eigenvalue weighted by atomic mass is 16.3. The molecule has 0 unspecified atom stereocenters. The highest BCUT2D eigenvalue weighted by Gasteiger charge is 2.24. The largest absolute Gasteiger partial charge is 0.396 e. The van der Waals surface area contributed by atoms with Gasteiger partial charge in [-0.3, -0.25) is 9.89 Å². The first-order valence-corrected chi connectivity index (χ1v) is 5.63. The van der Waals surface area contributed by atoms with Crippen molar-refractivity contribution in [2.45, 2.75) is 19.8 Å². The number of nitrogens with one attached hydrogen (secondary N) is 1. The fourth-order valence-electron chi connectivity index (χ4n) is 2.01. The van der Waals surface area contributed by atoms with Gasteiger partial charge in [0.25, 0.3) is 5.91 Å². The maximum atomic E-state index is 12.0. The van der Waals surface area contributed by atoms with E-state index >= 15 is 0 Å². The third-order valence-electron chi connectivity index (χ3n) is 3.08. The van der Waals surface area contributed by atoms with E-state index in [4.69, 9.17) is 5.11 Å². The van der Waals surface area contributed by atoms with Gasteiger partial charge >= 0.3 is 0 Å². The Morgan fingerprint density at radius 3 is 2.81 bits per heavy atom. The van der Waals surface area contributed by atoms with Gasteiger partial charge in [-0.1, -0.05) is 0 Å². The Labute approximate surface area is 94.5 Å². The van der Waals surface area contributed by atoms with Crippen molar-refractivity contribution in [2.75, 3.05) is 19.7 Å². The first-order chi connectivity index (χ1) is 7.70. The zero-order chi connectivity index (χ0) is 11.5. The number of H-pyrrole nitrogens is 1. The number of hydrogen-bond acceptors (Lipinski definition) is 3. The van der Waals surface area contributed by atoms with Crippen molar-refractivity contribution in [2.24, 2.45) is 5.92 Å². The van der Waals surface area contributed by atoms with Crippen molar-refractivity contribution in [1.82, 2.24) is 15.1 Å². The van der Waals surface area contributed by atoms with E-state index in [9.17, 15) is 4.79 Å². The molecular weight excluding hydrogens is 206 g/mol. The van der Waals surface area contributed by atoms with Crippen molar-refractivity contribution in [3.63, 3.8) is 0 Å². The second-order valence-electron chi connectivity index (χ2n) is 4.35. The summed E-state index contributed by atoms with van der Waals surface area (Å²) in [6, 6.07) is 1.76. The van der Waals surface area contributed by atoms with Crippen molar-refractivity contribution in [1.29, 1.82) is 0 Å². The van der Waals surface area contributed by atoms with Gasteiger partial charge in [0, 0.05) is 25.4 Å². The van der Waals surface area contributed by atoms with E-state index in [1.165, 1.54) is 0 Å². The van der Waals surface area contributed by atoms with Crippen LogP contribution >= 0.6 is 0 Å². The smallest absolute Gasteiger partial charge is 0.274 e. The average Bonchev–Trinajstić information content (AvgIpc) is 2.75. The number of carbonyl (C=O) groups excluding carboxylic acids is 1. The van der Waals surface area contributed by atoms with Gasteiger partial charge in [0.05, 0.1) is 0 Å². The average molecular weight is 223 g/mol. The number of carbonyl (C=O) groups is 1. The van der Waals surface area contributed by atoms with E-state index in [-0.39, 0.29) is 12.5 Å². The molecular formula is C11H17N3O2. The summed E-state index contributed by atoms with van der Waals surface area (Å²) in [5, 5.41) is 15.8. The van der Waals surface area contributed by atoms with Crippen molar-refractivity contribution in [3.05, 3.63) is 17.5 Å². The SMILES string of the molecule is Cc1cc(C(=O)N2CCC(CO)CC2)n[nH]1. The molecule has 0 spiro atoms. The summed E-state index contributed by atoms with van der Waals surface area (Å²) in [5.41, 5.74) is 1.38. The number of aryl methyl sites for hydroxylation is 1. The third kappa shape index (κ3) is 2.24. The number of piperidine rings is 1. The quantitative estimate of drug-likeness (QED) is 0.769. The predicted octanol–water partition coefficient (Wildman–Crippen LogP) is 0.563. The number of likely N-dealkylation sites (tertiary alicyclic amines) is 1. The van der Waals surface area contributed by atoms with Gasteiger partial charge in [-0.15, -0.1) is 0 Å². The number of aromatic amines is 1. The van der Waals surface area contributed by atoms with Gasteiger partial charge in [-0.2, -0.15) is 5.10 Å². The highest BCUT2D eigenvalue weighted by molar-refractivity contribution is 5.92. The van der Waals surface area contributed by atoms with E-state index in [0.717, 1.165) is 31.6 Å². The molecule has 2 rings (SSSR count). The first-order valence-electron chi connectivity index (χ1n) is 5.63. The van der Waals surface area contributed by atoms with Gasteiger partial charge < -0.3 is 10.0 Å². The third-order valence-corrected chi connectivity index (χ3v) is 3.08. The maximum Gasteiger partial charge on any atom is 0.274 e. The van der Waals surface area contributed by atoms with Gasteiger partial charge in [0.15, 0.2) is 0 Å². The molecule has 88 valence electrons. The van der Waals surface area contributed by atoms with Crippen LogP contribution in [0.1, 0.15) is 29.0 Å². The number of aromatic nitrogens is 2. The summed E-state index contributed by atoms with van der Waals surface area (Å²) in [7, 11) is 0. The number of nitrogens with zero attached hydrogens (tertiary/aromatic N) is 2. The van der Waals surface area contributed by atoms with Crippen LogP contribution in [-0.2, 0) is 0 Å². The Bertz CT molecular complexity index is 367. The predicted molar refractivity (Wildman–Crippen MR) is 59.0 cm³/mol. The Morgan fingerprint density at radius 2 is 2.31 bits per heavy atom. The molecule has 2 heterocycles. The maximum absolute atomic E-state index is 12.0. The summed E-state index contributed by atoms with van der Waals surface area (Å²) in [4.78, 5) is 13.8. The van der Waals surface area contributed by atoms with Crippen LogP contribution in [0.4, 0.5) is 0 Å². The van der Waals surface area contributed by atoms with Crippen molar-refractivity contribution in [3.8, 4) is 0 Å². The van der Waals surface area contributed by atoms with Crippen LogP contribution in [0.2, 0.25) is 0 Å². The van der Waals surface area contributed by atoms with E-state index < -0.39 is 0 Å². The van der Waals surface area contributed by atoms with E-state index in [2.05, 4.69) is 10.2 Å². The molecule has 0 saturated carbocycles. The zero-order valence-electron chi connectivity index (χ0n) is 9.44. The minimum atomic E-state index is -0.0132.